The fourth-order valence-corrected chi connectivity index (χ4v) is 4.42. The number of aliphatic imine (C=N–C) groups is 1. The molecule has 0 saturated carbocycles. The Bertz CT molecular complexity index is 819. The molecule has 0 radical (unpaired) electrons. The number of rotatable bonds is 7. The van der Waals surface area contributed by atoms with Crippen molar-refractivity contribution in [3.8, 4) is 0 Å². The van der Waals surface area contributed by atoms with Gasteiger partial charge in [-0.1, -0.05) is 30.3 Å². The minimum atomic E-state index is 0. The van der Waals surface area contributed by atoms with Gasteiger partial charge in [0.05, 0.1) is 0 Å². The van der Waals surface area contributed by atoms with Crippen molar-refractivity contribution in [2.75, 3.05) is 77.4 Å². The van der Waals surface area contributed by atoms with Crippen LogP contribution in [0.4, 0.5) is 5.95 Å². The molecule has 0 amide bonds. The maximum Gasteiger partial charge on any atom is 0.225 e. The Morgan fingerprint density at radius 3 is 2.21 bits per heavy atom. The third-order valence-electron chi connectivity index (χ3n) is 6.27. The lowest BCUT2D eigenvalue weighted by atomic mass is 10.2. The van der Waals surface area contributed by atoms with Gasteiger partial charge in [0.15, 0.2) is 5.96 Å². The second kappa shape index (κ2) is 13.7. The molecular formula is C24H37IN8. The van der Waals surface area contributed by atoms with Gasteiger partial charge in [0.25, 0.3) is 0 Å². The van der Waals surface area contributed by atoms with Crippen molar-refractivity contribution in [2.24, 2.45) is 4.99 Å². The predicted octanol–water partition coefficient (Wildman–Crippen LogP) is 2.00. The van der Waals surface area contributed by atoms with Gasteiger partial charge in [-0.25, -0.2) is 9.97 Å². The molecule has 180 valence electrons. The average molecular weight is 565 g/mol. The Labute approximate surface area is 215 Å². The van der Waals surface area contributed by atoms with Crippen molar-refractivity contribution < 1.29 is 0 Å². The fourth-order valence-electron chi connectivity index (χ4n) is 4.42. The molecule has 33 heavy (non-hydrogen) atoms. The standard InChI is InChI=1S/C24H36N8.HI/c1-25-23(31-17-19-32(20-18-31)24-27-9-5-10-28-24)26-11-6-12-29-13-15-30(16-14-29)21-22-7-3-2-4-8-22;/h2-5,7-10H,6,11-21H2,1H3,(H,25,26);1H. The summed E-state index contributed by atoms with van der Waals surface area (Å²) in [4.78, 5) is 23.0. The maximum atomic E-state index is 4.51. The highest BCUT2D eigenvalue weighted by Crippen LogP contribution is 2.10. The monoisotopic (exact) mass is 564 g/mol. The number of piperazine rings is 2. The molecule has 1 N–H and O–H groups in total. The van der Waals surface area contributed by atoms with Gasteiger partial charge in [-0.3, -0.25) is 9.89 Å². The molecule has 2 aliphatic heterocycles. The average Bonchev–Trinajstić information content (AvgIpc) is 2.86. The molecule has 1 aromatic heterocycles. The molecule has 1 aromatic carbocycles. The summed E-state index contributed by atoms with van der Waals surface area (Å²) in [5, 5.41) is 3.56. The van der Waals surface area contributed by atoms with E-state index in [1.165, 1.54) is 5.56 Å². The number of aromatic nitrogens is 2. The molecule has 0 aliphatic carbocycles. The van der Waals surface area contributed by atoms with E-state index in [1.807, 2.05) is 13.1 Å². The summed E-state index contributed by atoms with van der Waals surface area (Å²) in [6, 6.07) is 12.6. The van der Waals surface area contributed by atoms with Crippen LogP contribution in [0.3, 0.4) is 0 Å². The van der Waals surface area contributed by atoms with Crippen molar-refractivity contribution in [1.82, 2.24) is 30.0 Å². The van der Waals surface area contributed by atoms with Crippen LogP contribution in [0.15, 0.2) is 53.8 Å². The van der Waals surface area contributed by atoms with Gasteiger partial charge in [-0.05, 0) is 24.6 Å². The smallest absolute Gasteiger partial charge is 0.225 e. The molecule has 0 atom stereocenters. The summed E-state index contributed by atoms with van der Waals surface area (Å²) >= 11 is 0. The molecule has 0 unspecified atom stereocenters. The number of halogens is 1. The van der Waals surface area contributed by atoms with Crippen molar-refractivity contribution >= 4 is 35.9 Å². The van der Waals surface area contributed by atoms with Crippen molar-refractivity contribution in [2.45, 2.75) is 13.0 Å². The van der Waals surface area contributed by atoms with Crippen LogP contribution in [-0.2, 0) is 6.54 Å². The lowest BCUT2D eigenvalue weighted by molar-refractivity contribution is 0.126. The Hall–Kier alpha value is -1.98. The summed E-state index contributed by atoms with van der Waals surface area (Å²) in [6.07, 6.45) is 4.74. The van der Waals surface area contributed by atoms with E-state index in [4.69, 9.17) is 0 Å². The van der Waals surface area contributed by atoms with E-state index in [0.717, 1.165) is 90.3 Å². The van der Waals surface area contributed by atoms with Crippen molar-refractivity contribution in [1.29, 1.82) is 0 Å². The summed E-state index contributed by atoms with van der Waals surface area (Å²) < 4.78 is 0. The van der Waals surface area contributed by atoms with E-state index < -0.39 is 0 Å². The van der Waals surface area contributed by atoms with E-state index in [1.54, 1.807) is 12.4 Å². The summed E-state index contributed by atoms with van der Waals surface area (Å²) in [7, 11) is 1.88. The van der Waals surface area contributed by atoms with E-state index in [2.05, 4.69) is 70.2 Å². The Kier molecular flexibility index (Phi) is 10.6. The van der Waals surface area contributed by atoms with Gasteiger partial charge in [-0.2, -0.15) is 0 Å². The zero-order chi connectivity index (χ0) is 22.0. The van der Waals surface area contributed by atoms with Gasteiger partial charge in [-0.15, -0.1) is 24.0 Å². The first-order valence-corrected chi connectivity index (χ1v) is 11.8. The zero-order valence-electron chi connectivity index (χ0n) is 19.6. The third kappa shape index (κ3) is 7.79. The van der Waals surface area contributed by atoms with Gasteiger partial charge in [0.2, 0.25) is 5.95 Å². The van der Waals surface area contributed by atoms with Crippen molar-refractivity contribution in [3.63, 3.8) is 0 Å². The highest BCUT2D eigenvalue weighted by molar-refractivity contribution is 14.0. The van der Waals surface area contributed by atoms with E-state index >= 15 is 0 Å². The van der Waals surface area contributed by atoms with Crippen LogP contribution in [-0.4, -0.2) is 103 Å². The highest BCUT2D eigenvalue weighted by atomic mass is 127. The number of nitrogens with zero attached hydrogens (tertiary/aromatic N) is 7. The van der Waals surface area contributed by atoms with Crippen LogP contribution in [0.5, 0.6) is 0 Å². The summed E-state index contributed by atoms with van der Waals surface area (Å²) in [5.41, 5.74) is 1.41. The lowest BCUT2D eigenvalue weighted by Gasteiger charge is -2.36. The van der Waals surface area contributed by atoms with Crippen molar-refractivity contribution in [3.05, 3.63) is 54.4 Å². The van der Waals surface area contributed by atoms with E-state index in [-0.39, 0.29) is 24.0 Å². The summed E-state index contributed by atoms with van der Waals surface area (Å²) in [6.45, 7) is 11.5. The van der Waals surface area contributed by atoms with Crippen LogP contribution >= 0.6 is 24.0 Å². The molecule has 0 bridgehead atoms. The molecule has 2 saturated heterocycles. The fraction of sp³-hybridized carbons (Fsp3) is 0.542. The molecule has 9 heteroatoms. The Morgan fingerprint density at radius 2 is 1.55 bits per heavy atom. The molecule has 3 heterocycles. The minimum Gasteiger partial charge on any atom is -0.356 e. The molecular weight excluding hydrogens is 527 g/mol. The quantitative estimate of drug-likeness (QED) is 0.239. The van der Waals surface area contributed by atoms with Crippen LogP contribution in [0.2, 0.25) is 0 Å². The topological polar surface area (TPSA) is 63.1 Å². The zero-order valence-corrected chi connectivity index (χ0v) is 22.0. The molecule has 0 spiro atoms. The number of hydrogen-bond acceptors (Lipinski definition) is 6. The van der Waals surface area contributed by atoms with E-state index in [0.29, 0.717) is 0 Å². The number of anilines is 1. The van der Waals surface area contributed by atoms with Gasteiger partial charge in [0, 0.05) is 84.9 Å². The summed E-state index contributed by atoms with van der Waals surface area (Å²) in [5.74, 6) is 1.82. The first-order chi connectivity index (χ1) is 15.8. The van der Waals surface area contributed by atoms with Crippen LogP contribution in [0.25, 0.3) is 0 Å². The molecule has 2 aromatic rings. The minimum absolute atomic E-state index is 0. The SMILES string of the molecule is CN=C(NCCCN1CCN(Cc2ccccc2)CC1)N1CCN(c2ncccn2)CC1.I. The number of nitrogens with one attached hydrogen (secondary N) is 1. The van der Waals surface area contributed by atoms with Crippen LogP contribution in [0.1, 0.15) is 12.0 Å². The predicted molar refractivity (Wildman–Crippen MR) is 145 cm³/mol. The Balaban J connectivity index is 0.00000306. The van der Waals surface area contributed by atoms with Gasteiger partial charge >= 0.3 is 0 Å². The third-order valence-corrected chi connectivity index (χ3v) is 6.27. The molecule has 2 fully saturated rings. The maximum absolute atomic E-state index is 4.51. The molecule has 8 nitrogen and oxygen atoms in total. The lowest BCUT2D eigenvalue weighted by Crippen LogP contribution is -2.53. The normalized spacial score (nSPS) is 18.2. The first-order valence-electron chi connectivity index (χ1n) is 11.8. The van der Waals surface area contributed by atoms with Gasteiger partial charge in [0.1, 0.15) is 0 Å². The Morgan fingerprint density at radius 1 is 0.879 bits per heavy atom. The molecule has 4 rings (SSSR count). The number of hydrogen-bond donors (Lipinski definition) is 1. The number of guanidine groups is 1. The highest BCUT2D eigenvalue weighted by Gasteiger charge is 2.21. The molecule has 2 aliphatic rings. The van der Waals surface area contributed by atoms with Crippen LogP contribution in [0, 0.1) is 0 Å². The largest absolute Gasteiger partial charge is 0.356 e. The first kappa shape index (κ1) is 25.6. The van der Waals surface area contributed by atoms with Gasteiger partial charge < -0.3 is 20.0 Å². The van der Waals surface area contributed by atoms with Crippen LogP contribution < -0.4 is 10.2 Å². The van der Waals surface area contributed by atoms with E-state index in [9.17, 15) is 0 Å². The number of benzene rings is 1. The second-order valence-corrected chi connectivity index (χ2v) is 8.45. The second-order valence-electron chi connectivity index (χ2n) is 8.45.